The first-order valence-corrected chi connectivity index (χ1v) is 7.50. The van der Waals surface area contributed by atoms with Crippen molar-refractivity contribution in [1.82, 2.24) is 10.2 Å². The van der Waals surface area contributed by atoms with Crippen LogP contribution in [0.25, 0.3) is 0 Å². The van der Waals surface area contributed by atoms with Crippen LogP contribution in [-0.2, 0) is 6.42 Å². The third-order valence-electron chi connectivity index (χ3n) is 3.17. The first-order valence-electron chi connectivity index (χ1n) is 5.89. The number of likely N-dealkylation sites (tertiary alicyclic amines) is 1. The summed E-state index contributed by atoms with van der Waals surface area (Å²) in [6.07, 6.45) is 2.55. The lowest BCUT2D eigenvalue weighted by Crippen LogP contribution is -2.26. The van der Waals surface area contributed by atoms with Crippen molar-refractivity contribution in [3.63, 3.8) is 0 Å². The van der Waals surface area contributed by atoms with E-state index in [9.17, 15) is 0 Å². The van der Waals surface area contributed by atoms with Gasteiger partial charge >= 0.3 is 0 Å². The van der Waals surface area contributed by atoms with E-state index in [-0.39, 0.29) is 0 Å². The second-order valence-electron chi connectivity index (χ2n) is 4.47. The van der Waals surface area contributed by atoms with Crippen LogP contribution in [0.1, 0.15) is 11.3 Å². The number of rotatable bonds is 5. The molecule has 16 heavy (non-hydrogen) atoms. The smallest absolute Gasteiger partial charge is 0.0701 e. The first-order chi connectivity index (χ1) is 7.78. The summed E-state index contributed by atoms with van der Waals surface area (Å²) in [4.78, 5) is 4.08. The summed E-state index contributed by atoms with van der Waals surface area (Å²) in [6, 6.07) is 4.38. The molecule has 0 spiro atoms. The predicted octanol–water partition coefficient (Wildman–Crippen LogP) is 2.59. The normalized spacial score (nSPS) is 21.8. The molecule has 1 saturated heterocycles. The fourth-order valence-electron chi connectivity index (χ4n) is 2.33. The van der Waals surface area contributed by atoms with Gasteiger partial charge in [0.25, 0.3) is 0 Å². The molecule has 1 aromatic rings. The van der Waals surface area contributed by atoms with Crippen molar-refractivity contribution in [2.45, 2.75) is 12.8 Å². The molecule has 1 unspecified atom stereocenters. The summed E-state index contributed by atoms with van der Waals surface area (Å²) < 4.78 is 1.25. The summed E-state index contributed by atoms with van der Waals surface area (Å²) in [5.41, 5.74) is 0. The SMILES string of the molecule is CNCC1CCN(CCc2ccc(Br)s2)C1. The number of hydrogen-bond acceptors (Lipinski definition) is 3. The number of thiophene rings is 1. The Labute approximate surface area is 110 Å². The molecule has 0 aromatic carbocycles. The van der Waals surface area contributed by atoms with Gasteiger partial charge in [0.2, 0.25) is 0 Å². The van der Waals surface area contributed by atoms with Gasteiger partial charge < -0.3 is 10.2 Å². The molecule has 2 nitrogen and oxygen atoms in total. The molecule has 0 aliphatic carbocycles. The minimum absolute atomic E-state index is 0.861. The maximum Gasteiger partial charge on any atom is 0.0701 e. The fraction of sp³-hybridized carbons (Fsp3) is 0.667. The average Bonchev–Trinajstić information content (AvgIpc) is 2.85. The van der Waals surface area contributed by atoms with Crippen LogP contribution in [0.3, 0.4) is 0 Å². The molecule has 2 rings (SSSR count). The highest BCUT2D eigenvalue weighted by atomic mass is 79.9. The molecule has 1 atom stereocenters. The molecule has 1 aromatic heterocycles. The van der Waals surface area contributed by atoms with Gasteiger partial charge in [0.05, 0.1) is 3.79 Å². The predicted molar refractivity (Wildman–Crippen MR) is 74.2 cm³/mol. The van der Waals surface area contributed by atoms with Crippen LogP contribution in [0.5, 0.6) is 0 Å². The van der Waals surface area contributed by atoms with E-state index >= 15 is 0 Å². The molecule has 1 aliphatic heterocycles. The third-order valence-corrected chi connectivity index (χ3v) is 4.85. The van der Waals surface area contributed by atoms with E-state index in [0.29, 0.717) is 0 Å². The topological polar surface area (TPSA) is 15.3 Å². The van der Waals surface area contributed by atoms with E-state index in [1.54, 1.807) is 0 Å². The van der Waals surface area contributed by atoms with Gasteiger partial charge in [-0.3, -0.25) is 0 Å². The van der Waals surface area contributed by atoms with Gasteiger partial charge in [-0.05, 0) is 67.0 Å². The minimum atomic E-state index is 0.861. The van der Waals surface area contributed by atoms with Crippen molar-refractivity contribution in [3.05, 3.63) is 20.8 Å². The van der Waals surface area contributed by atoms with E-state index < -0.39 is 0 Å². The zero-order valence-corrected chi connectivity index (χ0v) is 12.1. The monoisotopic (exact) mass is 302 g/mol. The molecule has 0 bridgehead atoms. The summed E-state index contributed by atoms with van der Waals surface area (Å²) in [5.74, 6) is 0.861. The lowest BCUT2D eigenvalue weighted by molar-refractivity contribution is 0.328. The molecule has 90 valence electrons. The Balaban J connectivity index is 1.71. The molecule has 1 N–H and O–H groups in total. The quantitative estimate of drug-likeness (QED) is 0.899. The Kier molecular flexibility index (Phi) is 4.82. The van der Waals surface area contributed by atoms with Gasteiger partial charge in [-0.2, -0.15) is 0 Å². The zero-order chi connectivity index (χ0) is 11.4. The van der Waals surface area contributed by atoms with Gasteiger partial charge in [0, 0.05) is 18.0 Å². The molecular weight excluding hydrogens is 284 g/mol. The second-order valence-corrected chi connectivity index (χ2v) is 7.02. The second kappa shape index (κ2) is 6.15. The van der Waals surface area contributed by atoms with Crippen molar-refractivity contribution in [2.24, 2.45) is 5.92 Å². The van der Waals surface area contributed by atoms with Crippen LogP contribution in [0.4, 0.5) is 0 Å². The van der Waals surface area contributed by atoms with E-state index in [2.05, 4.69) is 38.3 Å². The Morgan fingerprint density at radius 3 is 3.12 bits per heavy atom. The minimum Gasteiger partial charge on any atom is -0.319 e. The lowest BCUT2D eigenvalue weighted by Gasteiger charge is -2.15. The summed E-state index contributed by atoms with van der Waals surface area (Å²) in [6.45, 7) is 4.93. The van der Waals surface area contributed by atoms with Crippen LogP contribution in [0.15, 0.2) is 15.9 Å². The number of nitrogens with zero attached hydrogens (tertiary/aromatic N) is 1. The van der Waals surface area contributed by atoms with Crippen molar-refractivity contribution in [3.8, 4) is 0 Å². The van der Waals surface area contributed by atoms with Gasteiger partial charge in [0.1, 0.15) is 0 Å². The van der Waals surface area contributed by atoms with Crippen molar-refractivity contribution >= 4 is 27.3 Å². The first kappa shape index (κ1) is 12.6. The number of nitrogens with one attached hydrogen (secondary N) is 1. The van der Waals surface area contributed by atoms with E-state index in [4.69, 9.17) is 0 Å². The van der Waals surface area contributed by atoms with Crippen LogP contribution >= 0.6 is 27.3 Å². The zero-order valence-electron chi connectivity index (χ0n) is 9.71. The Bertz CT molecular complexity index is 327. The molecular formula is C12H19BrN2S. The molecule has 0 amide bonds. The van der Waals surface area contributed by atoms with Gasteiger partial charge in [-0.15, -0.1) is 11.3 Å². The highest BCUT2D eigenvalue weighted by molar-refractivity contribution is 9.11. The van der Waals surface area contributed by atoms with E-state index in [1.165, 1.54) is 47.7 Å². The third kappa shape index (κ3) is 3.55. The van der Waals surface area contributed by atoms with Crippen LogP contribution in [-0.4, -0.2) is 38.1 Å². The molecule has 0 saturated carbocycles. The molecule has 1 fully saturated rings. The van der Waals surface area contributed by atoms with Crippen molar-refractivity contribution in [1.29, 1.82) is 0 Å². The number of hydrogen-bond donors (Lipinski definition) is 1. The van der Waals surface area contributed by atoms with Gasteiger partial charge in [-0.25, -0.2) is 0 Å². The Morgan fingerprint density at radius 1 is 1.56 bits per heavy atom. The highest BCUT2D eigenvalue weighted by Crippen LogP contribution is 2.23. The average molecular weight is 303 g/mol. The summed E-state index contributed by atoms with van der Waals surface area (Å²) in [7, 11) is 2.05. The summed E-state index contributed by atoms with van der Waals surface area (Å²) in [5, 5.41) is 3.28. The van der Waals surface area contributed by atoms with Gasteiger partial charge in [-0.1, -0.05) is 0 Å². The Morgan fingerprint density at radius 2 is 2.44 bits per heavy atom. The molecule has 1 aliphatic rings. The highest BCUT2D eigenvalue weighted by Gasteiger charge is 2.21. The molecule has 0 radical (unpaired) electrons. The number of halogens is 1. The van der Waals surface area contributed by atoms with Crippen molar-refractivity contribution in [2.75, 3.05) is 33.2 Å². The maximum absolute atomic E-state index is 3.51. The Hall–Kier alpha value is 0.1000. The van der Waals surface area contributed by atoms with Gasteiger partial charge in [0.15, 0.2) is 0 Å². The maximum atomic E-state index is 3.51. The van der Waals surface area contributed by atoms with Crippen LogP contribution in [0, 0.1) is 5.92 Å². The lowest BCUT2D eigenvalue weighted by atomic mass is 10.1. The van der Waals surface area contributed by atoms with E-state index in [0.717, 1.165) is 5.92 Å². The largest absolute Gasteiger partial charge is 0.319 e. The molecule has 2 heterocycles. The van der Waals surface area contributed by atoms with Crippen LogP contribution < -0.4 is 5.32 Å². The van der Waals surface area contributed by atoms with Crippen LogP contribution in [0.2, 0.25) is 0 Å². The standard InChI is InChI=1S/C12H19BrN2S/c1-14-8-10-4-6-15(9-10)7-5-11-2-3-12(13)16-11/h2-3,10,14H,4-9H2,1H3. The van der Waals surface area contributed by atoms with Crippen molar-refractivity contribution < 1.29 is 0 Å². The molecule has 4 heteroatoms. The summed E-state index contributed by atoms with van der Waals surface area (Å²) >= 11 is 5.37. The van der Waals surface area contributed by atoms with E-state index in [1.807, 2.05) is 18.4 Å². The fourth-order valence-corrected chi connectivity index (χ4v) is 3.80.